The van der Waals surface area contributed by atoms with Crippen molar-refractivity contribution in [1.82, 2.24) is 0 Å². The van der Waals surface area contributed by atoms with Gasteiger partial charge in [-0.2, -0.15) is 0 Å². The van der Waals surface area contributed by atoms with Crippen LogP contribution in [0.5, 0.6) is 5.75 Å². The van der Waals surface area contributed by atoms with Crippen molar-refractivity contribution in [2.45, 2.75) is 12.8 Å². The minimum Gasteiger partial charge on any atom is -0.496 e. The number of ether oxygens (including phenoxy) is 1. The highest BCUT2D eigenvalue weighted by molar-refractivity contribution is 5.41. The zero-order valence-electron chi connectivity index (χ0n) is 8.16. The van der Waals surface area contributed by atoms with Gasteiger partial charge in [-0.15, -0.1) is 0 Å². The molecular weight excluding hydrogens is 180 g/mol. The number of benzene rings is 1. The van der Waals surface area contributed by atoms with E-state index in [0.29, 0.717) is 6.61 Å². The van der Waals surface area contributed by atoms with Crippen LogP contribution in [0.25, 0.3) is 0 Å². The van der Waals surface area contributed by atoms with Crippen LogP contribution >= 0.6 is 0 Å². The topological polar surface area (TPSA) is 27.7 Å². The van der Waals surface area contributed by atoms with Crippen molar-refractivity contribution in [1.29, 1.82) is 0 Å². The third-order valence-corrected chi connectivity index (χ3v) is 2.20. The Labute approximate surface area is 83.5 Å². The van der Waals surface area contributed by atoms with Gasteiger partial charge in [0.15, 0.2) is 6.10 Å². The van der Waals surface area contributed by atoms with Crippen LogP contribution in [0.4, 0.5) is 0 Å². The van der Waals surface area contributed by atoms with Gasteiger partial charge in [0.25, 0.3) is 0 Å². The maximum atomic E-state index is 5.24. The first-order valence-electron chi connectivity index (χ1n) is 4.70. The Morgan fingerprint density at radius 2 is 2.14 bits per heavy atom. The van der Waals surface area contributed by atoms with Gasteiger partial charge in [0.05, 0.1) is 13.7 Å². The van der Waals surface area contributed by atoms with Crippen molar-refractivity contribution in [3.8, 4) is 5.75 Å². The molecule has 14 heavy (non-hydrogen) atoms. The molecule has 3 nitrogen and oxygen atoms in total. The minimum absolute atomic E-state index is 0.665. The smallest absolute Gasteiger partial charge is 0.168 e. The molecule has 1 aliphatic heterocycles. The molecule has 75 valence electrons. The third kappa shape index (κ3) is 1.89. The normalized spacial score (nSPS) is 18.1. The zero-order valence-corrected chi connectivity index (χ0v) is 8.16. The molecule has 0 unspecified atom stereocenters. The van der Waals surface area contributed by atoms with Crippen molar-refractivity contribution in [2.75, 3.05) is 13.7 Å². The van der Waals surface area contributed by atoms with Crippen LogP contribution in [0.3, 0.4) is 0 Å². The maximum absolute atomic E-state index is 5.24. The summed E-state index contributed by atoms with van der Waals surface area (Å²) in [5, 5.41) is 0. The van der Waals surface area contributed by atoms with E-state index in [2.05, 4.69) is 0 Å². The Kier molecular flexibility index (Phi) is 3.01. The highest BCUT2D eigenvalue weighted by Gasteiger charge is 2.21. The standard InChI is InChI=1S/C11H13O3/c1-12-10-6-3-2-5-9(10)11-7-4-8-13-14-11/h2-3,5-6H,4,7-8H2,1H3. The number of hydrogen-bond acceptors (Lipinski definition) is 3. The molecule has 0 aromatic heterocycles. The van der Waals surface area contributed by atoms with Gasteiger partial charge in [-0.1, -0.05) is 18.2 Å². The van der Waals surface area contributed by atoms with Gasteiger partial charge in [-0.3, -0.25) is 0 Å². The Hall–Kier alpha value is -1.06. The summed E-state index contributed by atoms with van der Waals surface area (Å²) in [5.41, 5.74) is 0.981. The second-order valence-electron chi connectivity index (χ2n) is 3.13. The van der Waals surface area contributed by atoms with Crippen molar-refractivity contribution in [3.05, 3.63) is 35.9 Å². The van der Waals surface area contributed by atoms with E-state index < -0.39 is 0 Å². The highest BCUT2D eigenvalue weighted by Crippen LogP contribution is 2.31. The lowest BCUT2D eigenvalue weighted by atomic mass is 10.0. The largest absolute Gasteiger partial charge is 0.496 e. The SMILES string of the molecule is COc1ccccc1[C]1CCCOO1. The van der Waals surface area contributed by atoms with Crippen molar-refractivity contribution in [3.63, 3.8) is 0 Å². The van der Waals surface area contributed by atoms with Crippen molar-refractivity contribution < 1.29 is 14.5 Å². The average molecular weight is 193 g/mol. The molecule has 0 N–H and O–H groups in total. The van der Waals surface area contributed by atoms with E-state index in [-0.39, 0.29) is 0 Å². The molecular formula is C11H13O3. The van der Waals surface area contributed by atoms with Crippen LogP contribution in [0, 0.1) is 6.10 Å². The molecule has 0 spiro atoms. The quantitative estimate of drug-likeness (QED) is 0.674. The van der Waals surface area contributed by atoms with Gasteiger partial charge in [0, 0.05) is 5.56 Å². The van der Waals surface area contributed by atoms with E-state index in [4.69, 9.17) is 14.5 Å². The summed E-state index contributed by atoms with van der Waals surface area (Å²) >= 11 is 0. The summed E-state index contributed by atoms with van der Waals surface area (Å²) in [4.78, 5) is 10.1. The molecule has 0 aliphatic carbocycles. The van der Waals surface area contributed by atoms with E-state index in [1.807, 2.05) is 24.3 Å². The predicted molar refractivity (Wildman–Crippen MR) is 51.6 cm³/mol. The molecule has 2 rings (SSSR count). The van der Waals surface area contributed by atoms with Crippen LogP contribution < -0.4 is 4.74 Å². The lowest BCUT2D eigenvalue weighted by molar-refractivity contribution is -0.300. The molecule has 0 bridgehead atoms. The van der Waals surface area contributed by atoms with Gasteiger partial charge in [-0.05, 0) is 18.9 Å². The van der Waals surface area contributed by atoms with E-state index in [9.17, 15) is 0 Å². The van der Waals surface area contributed by atoms with Gasteiger partial charge in [0.1, 0.15) is 5.75 Å². The van der Waals surface area contributed by atoms with Gasteiger partial charge in [0.2, 0.25) is 0 Å². The summed E-state index contributed by atoms with van der Waals surface area (Å²) in [6, 6.07) is 7.79. The first kappa shape index (κ1) is 9.49. The zero-order chi connectivity index (χ0) is 9.80. The lowest BCUT2D eigenvalue weighted by Gasteiger charge is -2.21. The summed E-state index contributed by atoms with van der Waals surface area (Å²) in [6.07, 6.45) is 2.75. The monoisotopic (exact) mass is 193 g/mol. The molecule has 1 aliphatic rings. The molecule has 1 aromatic rings. The highest BCUT2D eigenvalue weighted by atomic mass is 17.2. The van der Waals surface area contributed by atoms with Gasteiger partial charge in [-0.25, -0.2) is 9.78 Å². The number of para-hydroxylation sites is 1. The molecule has 0 amide bonds. The maximum Gasteiger partial charge on any atom is 0.168 e. The minimum atomic E-state index is 0.665. The Bertz CT molecular complexity index is 292. The molecule has 0 saturated carbocycles. The Morgan fingerprint density at radius 3 is 2.86 bits per heavy atom. The number of rotatable bonds is 2. The van der Waals surface area contributed by atoms with Crippen LogP contribution in [0.1, 0.15) is 18.4 Å². The second-order valence-corrected chi connectivity index (χ2v) is 3.13. The molecule has 1 aromatic carbocycles. The Balaban J connectivity index is 2.20. The van der Waals surface area contributed by atoms with Gasteiger partial charge >= 0.3 is 0 Å². The molecule has 1 fully saturated rings. The van der Waals surface area contributed by atoms with E-state index in [1.54, 1.807) is 7.11 Å². The fourth-order valence-corrected chi connectivity index (χ4v) is 1.50. The van der Waals surface area contributed by atoms with Crippen molar-refractivity contribution in [2.24, 2.45) is 0 Å². The van der Waals surface area contributed by atoms with Crippen molar-refractivity contribution >= 4 is 0 Å². The average Bonchev–Trinajstić information content (AvgIpc) is 2.30. The number of hydrogen-bond donors (Lipinski definition) is 0. The van der Waals surface area contributed by atoms with Crippen LogP contribution in [0.15, 0.2) is 24.3 Å². The van der Waals surface area contributed by atoms with Gasteiger partial charge < -0.3 is 4.74 Å². The second kappa shape index (κ2) is 4.44. The molecule has 1 radical (unpaired) electrons. The fourth-order valence-electron chi connectivity index (χ4n) is 1.50. The third-order valence-electron chi connectivity index (χ3n) is 2.20. The summed E-state index contributed by atoms with van der Waals surface area (Å²) in [6.45, 7) is 0.665. The first-order valence-corrected chi connectivity index (χ1v) is 4.70. The summed E-state index contributed by atoms with van der Waals surface area (Å²) < 4.78 is 5.24. The van der Waals surface area contributed by atoms with Crippen LogP contribution in [-0.2, 0) is 9.78 Å². The molecule has 0 atom stereocenters. The molecule has 1 heterocycles. The van der Waals surface area contributed by atoms with Crippen LogP contribution in [-0.4, -0.2) is 13.7 Å². The first-order chi connectivity index (χ1) is 6.92. The predicted octanol–water partition coefficient (Wildman–Crippen LogP) is 2.32. The van der Waals surface area contributed by atoms with E-state index in [0.717, 1.165) is 30.3 Å². The van der Waals surface area contributed by atoms with E-state index >= 15 is 0 Å². The van der Waals surface area contributed by atoms with Crippen LogP contribution in [0.2, 0.25) is 0 Å². The summed E-state index contributed by atoms with van der Waals surface area (Å²) in [5.74, 6) is 0.827. The Morgan fingerprint density at radius 1 is 1.29 bits per heavy atom. The molecule has 3 heteroatoms. The molecule has 1 saturated heterocycles. The fraction of sp³-hybridized carbons (Fsp3) is 0.364. The summed E-state index contributed by atoms with van der Waals surface area (Å²) in [7, 11) is 1.66. The number of methoxy groups -OCH3 is 1. The van der Waals surface area contributed by atoms with E-state index in [1.165, 1.54) is 0 Å². The lowest BCUT2D eigenvalue weighted by Crippen LogP contribution is -2.14.